The maximum Gasteiger partial charge on any atom is 0.225 e. The Morgan fingerprint density at radius 2 is 2.13 bits per heavy atom. The van der Waals surface area contributed by atoms with E-state index >= 15 is 0 Å². The molecule has 0 aliphatic carbocycles. The molecule has 7 heteroatoms. The maximum absolute atomic E-state index is 12.5. The molecule has 3 rings (SSSR count). The van der Waals surface area contributed by atoms with Gasteiger partial charge in [0.05, 0.1) is 24.3 Å². The maximum atomic E-state index is 12.5. The number of aromatic nitrogens is 1. The fraction of sp³-hybridized carbons (Fsp3) is 0.458. The molecule has 1 aliphatic rings. The lowest BCUT2D eigenvalue weighted by Crippen LogP contribution is -2.54. The summed E-state index contributed by atoms with van der Waals surface area (Å²) in [6, 6.07) is 11.9. The van der Waals surface area contributed by atoms with Gasteiger partial charge >= 0.3 is 0 Å². The Kier molecular flexibility index (Phi) is 7.53. The lowest BCUT2D eigenvalue weighted by Gasteiger charge is -2.41. The predicted molar refractivity (Wildman–Crippen MR) is 123 cm³/mol. The van der Waals surface area contributed by atoms with Crippen LogP contribution in [0.2, 0.25) is 5.02 Å². The molecule has 1 aromatic carbocycles. The second-order valence-electron chi connectivity index (χ2n) is 8.19. The molecular weight excluding hydrogens is 412 g/mol. The largest absolute Gasteiger partial charge is 0.384 e. The number of pyridine rings is 1. The number of anilines is 1. The van der Waals surface area contributed by atoms with Crippen molar-refractivity contribution in [1.82, 2.24) is 9.88 Å². The monoisotopic (exact) mass is 440 g/mol. The van der Waals surface area contributed by atoms with Gasteiger partial charge in [0, 0.05) is 43.4 Å². The van der Waals surface area contributed by atoms with Crippen LogP contribution in [0.4, 0.5) is 5.82 Å². The van der Waals surface area contributed by atoms with Crippen molar-refractivity contribution in [3.05, 3.63) is 46.6 Å². The number of nitriles is 1. The molecule has 1 amide bonds. The quantitative estimate of drug-likeness (QED) is 0.662. The first kappa shape index (κ1) is 23.1. The summed E-state index contributed by atoms with van der Waals surface area (Å²) in [5, 5.41) is 10.5. The van der Waals surface area contributed by atoms with E-state index in [1.165, 1.54) is 0 Å². The number of carbonyl (C=O) groups excluding carboxylic acids is 1. The van der Waals surface area contributed by atoms with E-state index in [4.69, 9.17) is 21.3 Å². The molecule has 1 aliphatic heterocycles. The number of carbonyl (C=O) groups is 1. The number of halogens is 1. The SMILES string of the molecule is COCCC(=O)N1CCN(c2nc(C(C)C)c(-c3cccc(Cl)c3)cc2C#N)CC1C. The van der Waals surface area contributed by atoms with Crippen LogP contribution in [0.5, 0.6) is 0 Å². The van der Waals surface area contributed by atoms with Crippen LogP contribution < -0.4 is 4.90 Å². The number of rotatable bonds is 6. The summed E-state index contributed by atoms with van der Waals surface area (Å²) in [4.78, 5) is 21.4. The molecule has 1 fully saturated rings. The van der Waals surface area contributed by atoms with E-state index in [1.54, 1.807) is 7.11 Å². The van der Waals surface area contributed by atoms with Gasteiger partial charge in [0.25, 0.3) is 0 Å². The van der Waals surface area contributed by atoms with Gasteiger partial charge in [-0.2, -0.15) is 5.26 Å². The minimum atomic E-state index is 0.0292. The van der Waals surface area contributed by atoms with Crippen LogP contribution >= 0.6 is 11.6 Å². The fourth-order valence-electron chi connectivity index (χ4n) is 4.02. The fourth-order valence-corrected chi connectivity index (χ4v) is 4.21. The molecule has 1 saturated heterocycles. The van der Waals surface area contributed by atoms with Crippen molar-refractivity contribution < 1.29 is 9.53 Å². The van der Waals surface area contributed by atoms with Crippen molar-refractivity contribution in [3.63, 3.8) is 0 Å². The predicted octanol–water partition coefficient (Wildman–Crippen LogP) is 4.47. The minimum Gasteiger partial charge on any atom is -0.384 e. The van der Waals surface area contributed by atoms with Crippen LogP contribution in [0.25, 0.3) is 11.1 Å². The van der Waals surface area contributed by atoms with E-state index in [1.807, 2.05) is 42.2 Å². The third kappa shape index (κ3) is 5.17. The van der Waals surface area contributed by atoms with E-state index in [-0.39, 0.29) is 17.9 Å². The molecule has 0 N–H and O–H groups in total. The van der Waals surface area contributed by atoms with E-state index in [2.05, 4.69) is 24.8 Å². The lowest BCUT2D eigenvalue weighted by molar-refractivity contribution is -0.134. The van der Waals surface area contributed by atoms with E-state index in [0.717, 1.165) is 16.8 Å². The van der Waals surface area contributed by atoms with Gasteiger partial charge < -0.3 is 14.5 Å². The zero-order chi connectivity index (χ0) is 22.5. The number of hydrogen-bond donors (Lipinski definition) is 0. The first-order chi connectivity index (χ1) is 14.8. The van der Waals surface area contributed by atoms with E-state index in [9.17, 15) is 10.1 Å². The highest BCUT2D eigenvalue weighted by molar-refractivity contribution is 6.30. The molecule has 6 nitrogen and oxygen atoms in total. The molecule has 2 heterocycles. The van der Waals surface area contributed by atoms with Gasteiger partial charge in [0.2, 0.25) is 5.91 Å². The Bertz CT molecular complexity index is 986. The smallest absolute Gasteiger partial charge is 0.225 e. The number of amides is 1. The Labute approximate surface area is 189 Å². The van der Waals surface area contributed by atoms with Crippen LogP contribution in [-0.2, 0) is 9.53 Å². The number of methoxy groups -OCH3 is 1. The van der Waals surface area contributed by atoms with Gasteiger partial charge in [-0.05, 0) is 36.6 Å². The molecule has 0 radical (unpaired) electrons. The zero-order valence-corrected chi connectivity index (χ0v) is 19.3. The normalized spacial score (nSPS) is 16.5. The third-order valence-electron chi connectivity index (χ3n) is 5.60. The van der Waals surface area contributed by atoms with Crippen molar-refractivity contribution >= 4 is 23.3 Å². The topological polar surface area (TPSA) is 69.5 Å². The molecule has 31 heavy (non-hydrogen) atoms. The average molecular weight is 441 g/mol. The second-order valence-corrected chi connectivity index (χ2v) is 8.63. The molecule has 2 aromatic rings. The molecule has 0 saturated carbocycles. The summed E-state index contributed by atoms with van der Waals surface area (Å²) in [5.74, 6) is 0.962. The summed E-state index contributed by atoms with van der Waals surface area (Å²) in [6.07, 6.45) is 0.383. The Morgan fingerprint density at radius 1 is 1.35 bits per heavy atom. The summed E-state index contributed by atoms with van der Waals surface area (Å²) >= 11 is 6.21. The highest BCUT2D eigenvalue weighted by Gasteiger charge is 2.29. The van der Waals surface area contributed by atoms with Crippen molar-refractivity contribution in [2.75, 3.05) is 38.3 Å². The summed E-state index contributed by atoms with van der Waals surface area (Å²) in [5.41, 5.74) is 3.35. The van der Waals surface area contributed by atoms with Crippen molar-refractivity contribution in [2.45, 2.75) is 39.2 Å². The molecule has 0 bridgehead atoms. The highest BCUT2D eigenvalue weighted by atomic mass is 35.5. The highest BCUT2D eigenvalue weighted by Crippen LogP contribution is 2.34. The molecule has 0 spiro atoms. The second kappa shape index (κ2) is 10.1. The molecule has 1 aromatic heterocycles. The van der Waals surface area contributed by atoms with Crippen molar-refractivity contribution in [3.8, 4) is 17.2 Å². The van der Waals surface area contributed by atoms with Crippen molar-refractivity contribution in [2.24, 2.45) is 0 Å². The summed E-state index contributed by atoms with van der Waals surface area (Å²) in [6.45, 7) is 8.53. The van der Waals surface area contributed by atoms with Gasteiger partial charge in [0.15, 0.2) is 0 Å². The van der Waals surface area contributed by atoms with Crippen molar-refractivity contribution in [1.29, 1.82) is 5.26 Å². The average Bonchev–Trinajstić information content (AvgIpc) is 2.76. The van der Waals surface area contributed by atoms with Crippen LogP contribution in [-0.4, -0.2) is 55.2 Å². The summed E-state index contributed by atoms with van der Waals surface area (Å²) < 4.78 is 5.04. The molecule has 1 atom stereocenters. The first-order valence-electron chi connectivity index (χ1n) is 10.6. The summed E-state index contributed by atoms with van der Waals surface area (Å²) in [7, 11) is 1.60. The Balaban J connectivity index is 1.93. The molecule has 1 unspecified atom stereocenters. The van der Waals surface area contributed by atoms with Gasteiger partial charge in [-0.15, -0.1) is 0 Å². The van der Waals surface area contributed by atoms with Gasteiger partial charge in [-0.25, -0.2) is 4.98 Å². The third-order valence-corrected chi connectivity index (χ3v) is 5.84. The van der Waals surface area contributed by atoms with Crippen LogP contribution in [0.3, 0.4) is 0 Å². The van der Waals surface area contributed by atoms with Gasteiger partial charge in [-0.3, -0.25) is 4.79 Å². The standard InChI is InChI=1S/C24H29ClN4O2/c1-16(2)23-21(18-6-5-7-20(25)12-18)13-19(14-26)24(27-23)28-9-10-29(17(3)15-28)22(30)8-11-31-4/h5-7,12-13,16-17H,8-11,15H2,1-4H3. The number of nitrogens with zero attached hydrogens (tertiary/aromatic N) is 4. The van der Waals surface area contributed by atoms with E-state index < -0.39 is 0 Å². The lowest BCUT2D eigenvalue weighted by atomic mass is 9.95. The van der Waals surface area contributed by atoms with Gasteiger partial charge in [-0.1, -0.05) is 37.6 Å². The van der Waals surface area contributed by atoms with E-state index in [0.29, 0.717) is 49.1 Å². The molecule has 164 valence electrons. The number of benzene rings is 1. The zero-order valence-electron chi connectivity index (χ0n) is 18.6. The first-order valence-corrected chi connectivity index (χ1v) is 11.0. The Morgan fingerprint density at radius 3 is 2.74 bits per heavy atom. The number of hydrogen-bond acceptors (Lipinski definition) is 5. The molecular formula is C24H29ClN4O2. The van der Waals surface area contributed by atoms with Crippen LogP contribution in [0, 0.1) is 11.3 Å². The number of piperazine rings is 1. The number of ether oxygens (including phenoxy) is 1. The van der Waals surface area contributed by atoms with Crippen LogP contribution in [0.1, 0.15) is 44.4 Å². The van der Waals surface area contributed by atoms with Gasteiger partial charge in [0.1, 0.15) is 11.9 Å². The Hall–Kier alpha value is -2.62. The van der Waals surface area contributed by atoms with Crippen LogP contribution in [0.15, 0.2) is 30.3 Å². The minimum absolute atomic E-state index is 0.0292.